The highest BCUT2D eigenvalue weighted by atomic mass is 33.1. The summed E-state index contributed by atoms with van der Waals surface area (Å²) in [5.41, 5.74) is 2.73. The van der Waals surface area contributed by atoms with Crippen molar-refractivity contribution >= 4 is 22.5 Å². The van der Waals surface area contributed by atoms with Crippen molar-refractivity contribution in [3.05, 3.63) is 35.4 Å². The predicted molar refractivity (Wildman–Crippen MR) is 51.5 cm³/mol. The van der Waals surface area contributed by atoms with Crippen molar-refractivity contribution in [2.75, 3.05) is 0 Å². The molecule has 2 heteroatoms. The predicted octanol–water partition coefficient (Wildman–Crippen LogP) is 3.07. The highest BCUT2D eigenvalue weighted by Gasteiger charge is 1.93. The Morgan fingerprint density at radius 2 is 2.10 bits per heavy atom. The molecule has 0 aliphatic carbocycles. The van der Waals surface area contributed by atoms with E-state index in [-0.39, 0.29) is 0 Å². The van der Waals surface area contributed by atoms with Gasteiger partial charge in [-0.15, -0.1) is 11.7 Å². The lowest BCUT2D eigenvalue weighted by atomic mass is 10.1. The van der Waals surface area contributed by atoms with E-state index >= 15 is 0 Å². The average molecular weight is 170 g/mol. The third-order valence-electron chi connectivity index (χ3n) is 1.48. The van der Waals surface area contributed by atoms with Gasteiger partial charge in [-0.1, -0.05) is 35.1 Å². The van der Waals surface area contributed by atoms with Crippen LogP contribution in [0.4, 0.5) is 0 Å². The van der Waals surface area contributed by atoms with Crippen LogP contribution >= 0.6 is 22.5 Å². The van der Waals surface area contributed by atoms with Crippen molar-refractivity contribution in [3.63, 3.8) is 0 Å². The summed E-state index contributed by atoms with van der Waals surface area (Å²) < 4.78 is 0. The van der Waals surface area contributed by atoms with Gasteiger partial charge < -0.3 is 0 Å². The van der Waals surface area contributed by atoms with E-state index in [1.165, 1.54) is 11.1 Å². The lowest BCUT2D eigenvalue weighted by Gasteiger charge is -2.00. The van der Waals surface area contributed by atoms with Gasteiger partial charge in [0.05, 0.1) is 0 Å². The second kappa shape index (κ2) is 3.94. The Balaban J connectivity index is 2.81. The normalized spacial score (nSPS) is 9.80. The smallest absolute Gasteiger partial charge is 0.0288 e. The zero-order valence-electron chi connectivity index (χ0n) is 5.87. The molecule has 54 valence electrons. The molecule has 0 aliphatic rings. The minimum atomic E-state index is 0.996. The number of aryl methyl sites for hydroxylation is 1. The fourth-order valence-electron chi connectivity index (χ4n) is 0.842. The van der Waals surface area contributed by atoms with Gasteiger partial charge in [-0.25, -0.2) is 0 Å². The van der Waals surface area contributed by atoms with E-state index in [2.05, 4.69) is 42.9 Å². The maximum Gasteiger partial charge on any atom is 0.0288 e. The highest BCUT2D eigenvalue weighted by molar-refractivity contribution is 8.68. The summed E-state index contributed by atoms with van der Waals surface area (Å²) in [6, 6.07) is 8.38. The van der Waals surface area contributed by atoms with Gasteiger partial charge >= 0.3 is 0 Å². The molecule has 0 aromatic heterocycles. The van der Waals surface area contributed by atoms with Crippen molar-refractivity contribution in [2.24, 2.45) is 0 Å². The van der Waals surface area contributed by atoms with E-state index in [1.807, 2.05) is 0 Å². The van der Waals surface area contributed by atoms with Crippen molar-refractivity contribution < 1.29 is 0 Å². The summed E-state index contributed by atoms with van der Waals surface area (Å²) in [6.07, 6.45) is 0. The van der Waals surface area contributed by atoms with E-state index < -0.39 is 0 Å². The molecule has 0 aliphatic heterocycles. The first-order chi connectivity index (χ1) is 4.84. The highest BCUT2D eigenvalue weighted by Crippen LogP contribution is 2.17. The molecule has 1 rings (SSSR count). The van der Waals surface area contributed by atoms with Gasteiger partial charge in [-0.2, -0.15) is 0 Å². The number of benzene rings is 1. The van der Waals surface area contributed by atoms with Crippen molar-refractivity contribution in [1.82, 2.24) is 0 Å². The Labute approximate surface area is 70.8 Å². The summed E-state index contributed by atoms with van der Waals surface area (Å²) in [5, 5.41) is 0. The average Bonchev–Trinajstić information content (AvgIpc) is 1.94. The van der Waals surface area contributed by atoms with Gasteiger partial charge in [0.2, 0.25) is 0 Å². The van der Waals surface area contributed by atoms with Crippen LogP contribution in [0, 0.1) is 6.92 Å². The third-order valence-corrected chi connectivity index (χ3v) is 2.31. The summed E-state index contributed by atoms with van der Waals surface area (Å²) in [4.78, 5) is 0. The molecule has 0 saturated carbocycles. The zero-order chi connectivity index (χ0) is 7.40. The minimum absolute atomic E-state index is 0.996. The molecule has 0 saturated heterocycles. The lowest BCUT2D eigenvalue weighted by molar-refractivity contribution is 1.31. The first kappa shape index (κ1) is 8.02. The summed E-state index contributed by atoms with van der Waals surface area (Å²) >= 11 is 4.10. The Kier molecular flexibility index (Phi) is 3.16. The second-order valence-electron chi connectivity index (χ2n) is 2.20. The Bertz CT molecular complexity index is 208. The molecule has 0 radical (unpaired) electrons. The number of rotatable bonds is 2. The van der Waals surface area contributed by atoms with Crippen molar-refractivity contribution in [2.45, 2.75) is 12.7 Å². The molecule has 1 aromatic carbocycles. The lowest BCUT2D eigenvalue weighted by Crippen LogP contribution is -1.82. The van der Waals surface area contributed by atoms with Gasteiger partial charge in [0, 0.05) is 5.75 Å². The topological polar surface area (TPSA) is 0 Å². The molecule has 1 aromatic rings. The largest absolute Gasteiger partial charge is 0.111 e. The minimum Gasteiger partial charge on any atom is -0.111 e. The van der Waals surface area contributed by atoms with Gasteiger partial charge in [0.25, 0.3) is 0 Å². The summed E-state index contributed by atoms with van der Waals surface area (Å²) in [6.45, 7) is 2.12. The molecular formula is C8H10S2. The van der Waals surface area contributed by atoms with Crippen LogP contribution in [0.5, 0.6) is 0 Å². The van der Waals surface area contributed by atoms with Crippen LogP contribution in [0.25, 0.3) is 0 Å². The molecule has 0 bridgehead atoms. The third kappa shape index (κ3) is 1.96. The van der Waals surface area contributed by atoms with Crippen LogP contribution in [-0.2, 0) is 5.75 Å². The summed E-state index contributed by atoms with van der Waals surface area (Å²) in [7, 11) is 1.56. The zero-order valence-corrected chi connectivity index (χ0v) is 7.58. The summed E-state index contributed by atoms with van der Waals surface area (Å²) in [5.74, 6) is 0.996. The molecule has 0 atom stereocenters. The Morgan fingerprint density at radius 1 is 1.40 bits per heavy atom. The molecule has 0 unspecified atom stereocenters. The quantitative estimate of drug-likeness (QED) is 0.526. The standard InChI is InChI=1S/C8H10S2/c1-7-4-2-3-5-8(7)6-10-9/h2-5,9H,6H2,1H3. The van der Waals surface area contributed by atoms with Crippen LogP contribution in [0.3, 0.4) is 0 Å². The maximum atomic E-state index is 4.10. The molecule has 10 heavy (non-hydrogen) atoms. The number of hydrogen-bond donors (Lipinski definition) is 1. The van der Waals surface area contributed by atoms with Crippen molar-refractivity contribution in [1.29, 1.82) is 0 Å². The number of hydrogen-bond acceptors (Lipinski definition) is 2. The SMILES string of the molecule is Cc1ccccc1CSS. The van der Waals surface area contributed by atoms with E-state index in [1.54, 1.807) is 10.8 Å². The molecule has 0 heterocycles. The first-order valence-corrected chi connectivity index (χ1v) is 5.19. The van der Waals surface area contributed by atoms with Crippen LogP contribution in [0.1, 0.15) is 11.1 Å². The van der Waals surface area contributed by atoms with Crippen LogP contribution in [0.15, 0.2) is 24.3 Å². The molecule has 0 nitrogen and oxygen atoms in total. The Morgan fingerprint density at radius 3 is 2.70 bits per heavy atom. The van der Waals surface area contributed by atoms with Crippen LogP contribution in [-0.4, -0.2) is 0 Å². The van der Waals surface area contributed by atoms with E-state index in [0.29, 0.717) is 0 Å². The second-order valence-corrected chi connectivity index (χ2v) is 3.52. The van der Waals surface area contributed by atoms with Gasteiger partial charge in [-0.3, -0.25) is 0 Å². The number of thiol groups is 1. The Hall–Kier alpha value is -0.0800. The van der Waals surface area contributed by atoms with Crippen molar-refractivity contribution in [3.8, 4) is 0 Å². The fraction of sp³-hybridized carbons (Fsp3) is 0.250. The fourth-order valence-corrected chi connectivity index (χ4v) is 1.72. The van der Waals surface area contributed by atoms with Gasteiger partial charge in [0.15, 0.2) is 0 Å². The van der Waals surface area contributed by atoms with Crippen LogP contribution in [0.2, 0.25) is 0 Å². The molecule has 0 amide bonds. The maximum absolute atomic E-state index is 4.10. The van der Waals surface area contributed by atoms with Crippen LogP contribution < -0.4 is 0 Å². The molecular weight excluding hydrogens is 160 g/mol. The molecule has 0 spiro atoms. The van der Waals surface area contributed by atoms with E-state index in [4.69, 9.17) is 0 Å². The van der Waals surface area contributed by atoms with Gasteiger partial charge in [-0.05, 0) is 18.1 Å². The first-order valence-electron chi connectivity index (χ1n) is 3.15. The molecule has 0 fully saturated rings. The molecule has 0 N–H and O–H groups in total. The van der Waals surface area contributed by atoms with Gasteiger partial charge in [0.1, 0.15) is 0 Å². The van der Waals surface area contributed by atoms with E-state index in [9.17, 15) is 0 Å². The van der Waals surface area contributed by atoms with E-state index in [0.717, 1.165) is 5.75 Å². The monoisotopic (exact) mass is 170 g/mol.